The molecule has 1 fully saturated rings. The number of anilines is 1. The molecule has 0 saturated carbocycles. The van der Waals surface area contributed by atoms with Crippen LogP contribution in [0.3, 0.4) is 0 Å². The van der Waals surface area contributed by atoms with Gasteiger partial charge in [0.15, 0.2) is 15.7 Å². The maximum atomic E-state index is 12.7. The molecule has 1 atom stereocenters. The number of rotatable bonds is 5. The molecule has 1 saturated heterocycles. The standard InChI is InChI=1S/C16H28N4O4S/c1-16(2,3)13-10-14(18-24-13)17-15(21)20(8-7-19(4)5)12-6-9-25(22,23)11-12/h10,12H,6-9,11H2,1-5H3,(H,17,18,21). The first-order valence-electron chi connectivity index (χ1n) is 8.38. The Morgan fingerprint density at radius 1 is 1.36 bits per heavy atom. The second kappa shape index (κ2) is 7.33. The summed E-state index contributed by atoms with van der Waals surface area (Å²) in [6, 6.07) is 1.05. The van der Waals surface area contributed by atoms with Crippen LogP contribution in [-0.2, 0) is 15.3 Å². The number of hydrogen-bond acceptors (Lipinski definition) is 6. The van der Waals surface area contributed by atoms with E-state index in [1.165, 1.54) is 0 Å². The number of hydrogen-bond donors (Lipinski definition) is 1. The predicted molar refractivity (Wildman–Crippen MR) is 96.5 cm³/mol. The van der Waals surface area contributed by atoms with E-state index in [9.17, 15) is 13.2 Å². The summed E-state index contributed by atoms with van der Waals surface area (Å²) in [5, 5.41) is 6.62. The molecule has 1 unspecified atom stereocenters. The maximum absolute atomic E-state index is 12.7. The Labute approximate surface area is 149 Å². The van der Waals surface area contributed by atoms with Crippen LogP contribution in [0, 0.1) is 0 Å². The Kier molecular flexibility index (Phi) is 5.78. The van der Waals surface area contributed by atoms with Gasteiger partial charge >= 0.3 is 6.03 Å². The topological polar surface area (TPSA) is 95.8 Å². The Balaban J connectivity index is 2.10. The van der Waals surface area contributed by atoms with Crippen molar-refractivity contribution >= 4 is 21.7 Å². The summed E-state index contributed by atoms with van der Waals surface area (Å²) in [4.78, 5) is 16.3. The minimum absolute atomic E-state index is 0.0138. The van der Waals surface area contributed by atoms with Gasteiger partial charge in [0.25, 0.3) is 0 Å². The van der Waals surface area contributed by atoms with Crippen LogP contribution in [0.5, 0.6) is 0 Å². The average Bonchev–Trinajstić information content (AvgIpc) is 3.05. The van der Waals surface area contributed by atoms with E-state index in [0.717, 1.165) is 0 Å². The number of nitrogens with zero attached hydrogens (tertiary/aromatic N) is 3. The van der Waals surface area contributed by atoms with Crippen molar-refractivity contribution in [3.63, 3.8) is 0 Å². The van der Waals surface area contributed by atoms with Gasteiger partial charge in [0.2, 0.25) is 0 Å². The van der Waals surface area contributed by atoms with Gasteiger partial charge in [-0.05, 0) is 20.5 Å². The number of carbonyl (C=O) groups excluding carboxylic acids is 1. The Hall–Kier alpha value is -1.61. The van der Waals surface area contributed by atoms with Crippen molar-refractivity contribution < 1.29 is 17.7 Å². The molecule has 0 bridgehead atoms. The van der Waals surface area contributed by atoms with Gasteiger partial charge in [0, 0.05) is 30.6 Å². The zero-order valence-electron chi connectivity index (χ0n) is 15.6. The maximum Gasteiger partial charge on any atom is 0.323 e. The van der Waals surface area contributed by atoms with Crippen LogP contribution in [0.4, 0.5) is 10.6 Å². The fourth-order valence-corrected chi connectivity index (χ4v) is 4.38. The van der Waals surface area contributed by atoms with E-state index in [-0.39, 0.29) is 29.0 Å². The lowest BCUT2D eigenvalue weighted by molar-refractivity contribution is 0.185. The molecule has 9 heteroatoms. The summed E-state index contributed by atoms with van der Waals surface area (Å²) in [6.45, 7) is 7.07. The monoisotopic (exact) mass is 372 g/mol. The van der Waals surface area contributed by atoms with Crippen molar-refractivity contribution in [2.24, 2.45) is 0 Å². The van der Waals surface area contributed by atoms with Crippen LogP contribution in [0.25, 0.3) is 0 Å². The molecule has 1 N–H and O–H groups in total. The second-order valence-corrected chi connectivity index (χ2v) is 10.0. The van der Waals surface area contributed by atoms with E-state index >= 15 is 0 Å². The van der Waals surface area contributed by atoms with Gasteiger partial charge in [0.05, 0.1) is 11.5 Å². The highest BCUT2D eigenvalue weighted by Crippen LogP contribution is 2.25. The predicted octanol–water partition coefficient (Wildman–Crippen LogP) is 1.55. The van der Waals surface area contributed by atoms with Crippen molar-refractivity contribution in [3.8, 4) is 0 Å². The molecule has 0 aromatic carbocycles. The van der Waals surface area contributed by atoms with Gasteiger partial charge in [-0.2, -0.15) is 0 Å². The van der Waals surface area contributed by atoms with Gasteiger partial charge in [-0.3, -0.25) is 5.32 Å². The molecule has 2 heterocycles. The average molecular weight is 372 g/mol. The van der Waals surface area contributed by atoms with Crippen LogP contribution in [0.2, 0.25) is 0 Å². The summed E-state index contributed by atoms with van der Waals surface area (Å²) in [5.74, 6) is 1.15. The van der Waals surface area contributed by atoms with Gasteiger partial charge in [-0.15, -0.1) is 0 Å². The summed E-state index contributed by atoms with van der Waals surface area (Å²) in [5.41, 5.74) is -0.208. The first-order chi connectivity index (χ1) is 11.5. The highest BCUT2D eigenvalue weighted by Gasteiger charge is 2.35. The molecule has 1 aliphatic rings. The van der Waals surface area contributed by atoms with Crippen molar-refractivity contribution in [2.75, 3.05) is 44.0 Å². The fraction of sp³-hybridized carbons (Fsp3) is 0.750. The van der Waals surface area contributed by atoms with Crippen molar-refractivity contribution in [2.45, 2.75) is 38.6 Å². The number of sulfone groups is 1. The number of urea groups is 1. The van der Waals surface area contributed by atoms with Crippen LogP contribution in [0.1, 0.15) is 33.0 Å². The minimum Gasteiger partial charge on any atom is -0.359 e. The highest BCUT2D eigenvalue weighted by molar-refractivity contribution is 7.91. The number of likely N-dealkylation sites (N-methyl/N-ethyl adjacent to an activating group) is 1. The first-order valence-corrected chi connectivity index (χ1v) is 10.2. The van der Waals surface area contributed by atoms with Crippen LogP contribution in [-0.4, -0.2) is 74.1 Å². The van der Waals surface area contributed by atoms with Gasteiger partial charge in [-0.1, -0.05) is 25.9 Å². The van der Waals surface area contributed by atoms with Gasteiger partial charge in [-0.25, -0.2) is 13.2 Å². The van der Waals surface area contributed by atoms with E-state index in [4.69, 9.17) is 4.52 Å². The lowest BCUT2D eigenvalue weighted by Gasteiger charge is -2.29. The molecule has 8 nitrogen and oxygen atoms in total. The summed E-state index contributed by atoms with van der Waals surface area (Å²) in [7, 11) is 0.753. The lowest BCUT2D eigenvalue weighted by atomic mass is 9.93. The third-order valence-electron chi connectivity index (χ3n) is 4.18. The van der Waals surface area contributed by atoms with Crippen molar-refractivity contribution in [1.82, 2.24) is 15.0 Å². The van der Waals surface area contributed by atoms with Crippen LogP contribution >= 0.6 is 0 Å². The summed E-state index contributed by atoms with van der Waals surface area (Å²) >= 11 is 0. The molecular weight excluding hydrogens is 344 g/mol. The molecule has 142 valence electrons. The van der Waals surface area contributed by atoms with E-state index in [0.29, 0.717) is 31.1 Å². The number of carbonyl (C=O) groups is 1. The van der Waals surface area contributed by atoms with E-state index < -0.39 is 9.84 Å². The summed E-state index contributed by atoms with van der Waals surface area (Å²) in [6.07, 6.45) is 0.467. The zero-order chi connectivity index (χ0) is 18.8. The summed E-state index contributed by atoms with van der Waals surface area (Å²) < 4.78 is 28.8. The fourth-order valence-electron chi connectivity index (χ4n) is 2.65. The Bertz CT molecular complexity index is 706. The first kappa shape index (κ1) is 19.7. The van der Waals surface area contributed by atoms with Gasteiger partial charge in [0.1, 0.15) is 5.76 Å². The van der Waals surface area contributed by atoms with Crippen LogP contribution < -0.4 is 5.32 Å². The molecule has 2 rings (SSSR count). The molecule has 1 aliphatic heterocycles. The second-order valence-electron chi connectivity index (χ2n) is 7.81. The Morgan fingerprint density at radius 3 is 2.52 bits per heavy atom. The van der Waals surface area contributed by atoms with Crippen LogP contribution in [0.15, 0.2) is 10.6 Å². The van der Waals surface area contributed by atoms with Crippen molar-refractivity contribution in [1.29, 1.82) is 0 Å². The molecule has 1 aromatic heterocycles. The zero-order valence-corrected chi connectivity index (χ0v) is 16.4. The molecule has 0 spiro atoms. The normalized spacial score (nSPS) is 20.0. The number of nitrogens with one attached hydrogen (secondary N) is 1. The largest absolute Gasteiger partial charge is 0.359 e. The molecule has 1 aromatic rings. The molecule has 25 heavy (non-hydrogen) atoms. The third-order valence-corrected chi connectivity index (χ3v) is 5.93. The molecule has 0 radical (unpaired) electrons. The third kappa shape index (κ3) is 5.43. The lowest BCUT2D eigenvalue weighted by Crippen LogP contribution is -2.46. The van der Waals surface area contributed by atoms with E-state index in [1.807, 2.05) is 39.8 Å². The Morgan fingerprint density at radius 2 is 2.04 bits per heavy atom. The molecular formula is C16H28N4O4S. The number of aromatic nitrogens is 1. The SMILES string of the molecule is CN(C)CCN(C(=O)Nc1cc(C(C)(C)C)on1)C1CCS(=O)(=O)C1. The quantitative estimate of drug-likeness (QED) is 0.843. The number of amides is 2. The van der Waals surface area contributed by atoms with Crippen molar-refractivity contribution in [3.05, 3.63) is 11.8 Å². The highest BCUT2D eigenvalue weighted by atomic mass is 32.2. The molecule has 2 amide bonds. The van der Waals surface area contributed by atoms with E-state index in [1.54, 1.807) is 11.0 Å². The molecule has 0 aliphatic carbocycles. The smallest absolute Gasteiger partial charge is 0.323 e. The minimum atomic E-state index is -3.07. The van der Waals surface area contributed by atoms with Gasteiger partial charge < -0.3 is 14.3 Å². The van der Waals surface area contributed by atoms with E-state index in [2.05, 4.69) is 10.5 Å².